The third-order valence-electron chi connectivity index (χ3n) is 4.08. The second-order valence-electron chi connectivity index (χ2n) is 5.95. The number of hydrogen-bond acceptors (Lipinski definition) is 6. The summed E-state index contributed by atoms with van der Waals surface area (Å²) in [6.45, 7) is -2.62. The van der Waals surface area contributed by atoms with Gasteiger partial charge in [-0.15, -0.1) is 0 Å². The molecule has 2 aliphatic heterocycles. The van der Waals surface area contributed by atoms with Crippen molar-refractivity contribution in [3.63, 3.8) is 0 Å². The van der Waals surface area contributed by atoms with Gasteiger partial charge in [0.1, 0.15) is 0 Å². The van der Waals surface area contributed by atoms with E-state index in [0.717, 1.165) is 29.4 Å². The van der Waals surface area contributed by atoms with Crippen LogP contribution in [0.25, 0.3) is 0 Å². The molecule has 0 spiro atoms. The lowest BCUT2D eigenvalue weighted by Crippen LogP contribution is -2.07. The number of nitrogens with two attached hydrogens (primary N) is 1. The zero-order chi connectivity index (χ0) is 24.3. The minimum Gasteiger partial charge on any atom is -0.400 e. The zero-order valence-corrected chi connectivity index (χ0v) is 14.5. The molecule has 0 unspecified atom stereocenters. The van der Waals surface area contributed by atoms with Crippen molar-refractivity contribution >= 4 is 11.4 Å². The normalized spacial score (nSPS) is 19.6. The minimum atomic E-state index is -2.15. The number of non-ortho nitro benzene ring substituents is 1. The zero-order valence-electron chi connectivity index (χ0n) is 20.5. The molecule has 2 aromatic rings. The number of aliphatic hydroxyl groups is 1. The second-order valence-corrected chi connectivity index (χ2v) is 5.95. The van der Waals surface area contributed by atoms with Crippen molar-refractivity contribution in [2.45, 2.75) is 26.2 Å². The molecule has 2 heterocycles. The first kappa shape index (κ1) is 12.8. The van der Waals surface area contributed by atoms with Crippen molar-refractivity contribution in [3.8, 4) is 0 Å². The molecule has 0 amide bonds. The largest absolute Gasteiger partial charge is 0.400 e. The molecule has 0 aromatic heterocycles. The van der Waals surface area contributed by atoms with Crippen molar-refractivity contribution in [1.82, 2.24) is 9.80 Å². The number of nitrogen functional groups attached to an aromatic ring is 1. The fourth-order valence-electron chi connectivity index (χ4n) is 2.91. The van der Waals surface area contributed by atoms with E-state index < -0.39 is 18.9 Å². The van der Waals surface area contributed by atoms with Gasteiger partial charge >= 0.3 is 0 Å². The van der Waals surface area contributed by atoms with Crippen molar-refractivity contribution in [2.24, 2.45) is 0 Å². The molecular weight excluding hydrogens is 332 g/mol. The van der Waals surface area contributed by atoms with E-state index >= 15 is 0 Å². The molecule has 0 aliphatic carbocycles. The van der Waals surface area contributed by atoms with Crippen LogP contribution in [0.2, 0.25) is 0 Å². The molecule has 0 radical (unpaired) electrons. The van der Waals surface area contributed by atoms with E-state index in [0.29, 0.717) is 25.3 Å². The average molecular weight is 364 g/mol. The van der Waals surface area contributed by atoms with Crippen LogP contribution in [0.1, 0.15) is 30.5 Å². The van der Waals surface area contributed by atoms with E-state index in [4.69, 9.17) is 19.1 Å². The van der Waals surface area contributed by atoms with Gasteiger partial charge in [-0.3, -0.25) is 19.9 Å². The maximum Gasteiger partial charge on any atom is 0.269 e. The Labute approximate surface area is 162 Å². The summed E-state index contributed by atoms with van der Waals surface area (Å²) < 4.78 is 43.7. The summed E-state index contributed by atoms with van der Waals surface area (Å²) in [6, 6.07) is 10.0. The smallest absolute Gasteiger partial charge is 0.269 e. The van der Waals surface area contributed by atoms with Gasteiger partial charge in [0.15, 0.2) is 0 Å². The molecule has 4 rings (SSSR count). The highest BCUT2D eigenvalue weighted by Gasteiger charge is 2.18. The van der Waals surface area contributed by atoms with Gasteiger partial charge in [0.05, 0.1) is 4.92 Å². The van der Waals surface area contributed by atoms with Crippen LogP contribution in [-0.2, 0) is 26.2 Å². The molecule has 0 bridgehead atoms. The highest BCUT2D eigenvalue weighted by molar-refractivity contribution is 5.46. The Balaban J connectivity index is 0.000000212. The minimum absolute atomic E-state index is 0.00569. The predicted octanol–water partition coefficient (Wildman–Crippen LogP) is 2.36. The van der Waals surface area contributed by atoms with Crippen LogP contribution < -0.4 is 5.73 Å². The van der Waals surface area contributed by atoms with Gasteiger partial charge in [-0.1, -0.05) is 12.1 Å². The molecule has 0 fully saturated rings. The van der Waals surface area contributed by atoms with Crippen LogP contribution in [-0.4, -0.2) is 40.9 Å². The quantitative estimate of drug-likeness (QED) is 0.458. The third-order valence-corrected chi connectivity index (χ3v) is 4.08. The molecule has 3 N–H and O–H groups in total. The van der Waals surface area contributed by atoms with Crippen molar-refractivity contribution in [1.29, 1.82) is 0 Å². The number of nitro benzene ring substituents is 1. The summed E-state index contributed by atoms with van der Waals surface area (Å²) in [7, 11) is 1.00. The molecular formula is C19H26N4O3. The molecule has 2 aliphatic rings. The number of nitro groups is 1. The molecule has 7 heteroatoms. The topological polar surface area (TPSA) is 95.9 Å². The number of benzene rings is 2. The monoisotopic (exact) mass is 364 g/mol. The second kappa shape index (κ2) is 8.75. The van der Waals surface area contributed by atoms with Gasteiger partial charge in [-0.05, 0) is 48.3 Å². The van der Waals surface area contributed by atoms with Crippen LogP contribution in [0, 0.1) is 10.1 Å². The van der Waals surface area contributed by atoms with Gasteiger partial charge in [-0.25, -0.2) is 0 Å². The molecule has 0 saturated carbocycles. The first-order valence-corrected chi connectivity index (χ1v) is 7.93. The van der Waals surface area contributed by atoms with E-state index in [-0.39, 0.29) is 12.2 Å². The SMILES string of the molecule is CO.[2H]C([2H])([2H])N1Cc2ccc(N)cc2C1.[2H]C([2H])([2H])N1Cc2ccc([N+](=O)[O-])cc2C1. The van der Waals surface area contributed by atoms with Crippen LogP contribution in [0.4, 0.5) is 11.4 Å². The van der Waals surface area contributed by atoms with Crippen LogP contribution in [0.5, 0.6) is 0 Å². The fraction of sp³-hybridized carbons (Fsp3) is 0.368. The molecule has 26 heavy (non-hydrogen) atoms. The highest BCUT2D eigenvalue weighted by Crippen LogP contribution is 2.25. The number of aliphatic hydroxyl groups excluding tert-OH is 1. The summed E-state index contributed by atoms with van der Waals surface area (Å²) in [4.78, 5) is 12.9. The summed E-state index contributed by atoms with van der Waals surface area (Å²) in [5.41, 5.74) is 9.99. The standard InChI is InChI=1S/C9H10N2O2.C9H12N2.CH4O/c1-10-5-7-2-3-9(11(12)13)4-8(7)6-10;1-11-5-7-2-3-9(10)4-8(7)6-11;1-2/h2-4H,5-6H2,1H3;2-4H,5-6,10H2,1H3;2H,1H3/i2*1D3;. The Morgan fingerprint density at radius 3 is 2.00 bits per heavy atom. The maximum atomic E-state index is 10.6. The van der Waals surface area contributed by atoms with Gasteiger partial charge in [0, 0.05) is 59.3 Å². The number of hydrogen-bond donors (Lipinski definition) is 2. The lowest BCUT2D eigenvalue weighted by molar-refractivity contribution is -0.384. The number of rotatable bonds is 1. The lowest BCUT2D eigenvalue weighted by Gasteiger charge is -2.02. The first-order chi connectivity index (χ1) is 14.8. The molecule has 0 saturated heterocycles. The van der Waals surface area contributed by atoms with E-state index in [1.54, 1.807) is 6.07 Å². The number of nitrogens with zero attached hydrogens (tertiary/aromatic N) is 3. The van der Waals surface area contributed by atoms with Crippen molar-refractivity contribution in [3.05, 3.63) is 68.8 Å². The van der Waals surface area contributed by atoms with Crippen LogP contribution in [0.15, 0.2) is 36.4 Å². The van der Waals surface area contributed by atoms with Crippen LogP contribution >= 0.6 is 0 Å². The summed E-state index contributed by atoms with van der Waals surface area (Å²) in [5, 5.41) is 17.6. The lowest BCUT2D eigenvalue weighted by atomic mass is 10.1. The van der Waals surface area contributed by atoms with E-state index in [9.17, 15) is 10.1 Å². The highest BCUT2D eigenvalue weighted by atomic mass is 16.6. The van der Waals surface area contributed by atoms with Crippen LogP contribution in [0.3, 0.4) is 0 Å². The van der Waals surface area contributed by atoms with E-state index in [2.05, 4.69) is 0 Å². The number of fused-ring (bicyclic) bond motifs is 2. The van der Waals surface area contributed by atoms with Gasteiger partial charge < -0.3 is 10.8 Å². The Morgan fingerprint density at radius 1 is 0.962 bits per heavy atom. The van der Waals surface area contributed by atoms with Gasteiger partial charge in [0.25, 0.3) is 5.69 Å². The first-order valence-electron chi connectivity index (χ1n) is 10.9. The molecule has 140 valence electrons. The number of anilines is 1. The van der Waals surface area contributed by atoms with Gasteiger partial charge in [0.2, 0.25) is 0 Å². The summed E-state index contributed by atoms with van der Waals surface area (Å²) in [6.07, 6.45) is 0. The molecule has 2 aromatic carbocycles. The average Bonchev–Trinajstić information content (AvgIpc) is 3.32. The van der Waals surface area contributed by atoms with E-state index in [1.807, 2.05) is 18.2 Å². The fourth-order valence-corrected chi connectivity index (χ4v) is 2.91. The summed E-state index contributed by atoms with van der Waals surface area (Å²) in [5.74, 6) is 0. The molecule has 7 nitrogen and oxygen atoms in total. The van der Waals surface area contributed by atoms with Gasteiger partial charge in [-0.2, -0.15) is 0 Å². The predicted molar refractivity (Wildman–Crippen MR) is 102 cm³/mol. The Kier molecular flexibility index (Phi) is 4.31. The van der Waals surface area contributed by atoms with Crippen molar-refractivity contribution in [2.75, 3.05) is 26.8 Å². The molecule has 0 atom stereocenters. The third kappa shape index (κ3) is 4.78. The Morgan fingerprint density at radius 2 is 1.46 bits per heavy atom. The maximum absolute atomic E-state index is 10.6. The van der Waals surface area contributed by atoms with E-state index in [1.165, 1.54) is 21.9 Å². The Bertz CT molecular complexity index is 965. The van der Waals surface area contributed by atoms with Crippen molar-refractivity contribution < 1.29 is 18.3 Å². The Hall–Kier alpha value is -2.48. The summed E-state index contributed by atoms with van der Waals surface area (Å²) >= 11 is 0.